The third kappa shape index (κ3) is 3.49. The summed E-state index contributed by atoms with van der Waals surface area (Å²) in [5.41, 5.74) is 0.678. The zero-order valence-corrected chi connectivity index (χ0v) is 12.3. The largest absolute Gasteiger partial charge is 0.302 e. The SMILES string of the molecule is CCCN1CC2(CCN(CC#CC(C)C)CC2)C1. The Morgan fingerprint density at radius 3 is 2.33 bits per heavy atom. The summed E-state index contributed by atoms with van der Waals surface area (Å²) in [6, 6.07) is 0. The molecule has 0 aliphatic carbocycles. The predicted octanol–water partition coefficient (Wildman–Crippen LogP) is 2.45. The maximum atomic E-state index is 3.31. The second-order valence-corrected chi connectivity index (χ2v) is 6.46. The van der Waals surface area contributed by atoms with Crippen LogP contribution in [0.3, 0.4) is 0 Å². The first-order valence-corrected chi connectivity index (χ1v) is 7.57. The van der Waals surface area contributed by atoms with Crippen molar-refractivity contribution in [1.82, 2.24) is 9.80 Å². The van der Waals surface area contributed by atoms with Crippen LogP contribution in [-0.2, 0) is 0 Å². The minimum absolute atomic E-state index is 0.510. The van der Waals surface area contributed by atoms with Crippen LogP contribution in [-0.4, -0.2) is 49.1 Å². The molecule has 1 spiro atoms. The lowest BCUT2D eigenvalue weighted by Crippen LogP contribution is -2.60. The van der Waals surface area contributed by atoms with Crippen LogP contribution in [0.5, 0.6) is 0 Å². The van der Waals surface area contributed by atoms with Crippen molar-refractivity contribution < 1.29 is 0 Å². The molecule has 2 heterocycles. The van der Waals surface area contributed by atoms with Gasteiger partial charge in [0.05, 0.1) is 6.54 Å². The van der Waals surface area contributed by atoms with Crippen LogP contribution >= 0.6 is 0 Å². The summed E-state index contributed by atoms with van der Waals surface area (Å²) in [5.74, 6) is 7.09. The van der Waals surface area contributed by atoms with E-state index in [9.17, 15) is 0 Å². The molecule has 0 aromatic heterocycles. The van der Waals surface area contributed by atoms with Gasteiger partial charge in [-0.3, -0.25) is 4.90 Å². The van der Waals surface area contributed by atoms with Gasteiger partial charge in [0, 0.05) is 19.0 Å². The molecule has 0 aromatic rings. The number of rotatable bonds is 3. The van der Waals surface area contributed by atoms with E-state index in [1.54, 1.807) is 0 Å². The normalized spacial score (nSPS) is 23.8. The van der Waals surface area contributed by atoms with E-state index in [0.717, 1.165) is 6.54 Å². The van der Waals surface area contributed by atoms with E-state index >= 15 is 0 Å². The first-order chi connectivity index (χ1) is 8.63. The molecule has 0 radical (unpaired) electrons. The van der Waals surface area contributed by atoms with E-state index in [-0.39, 0.29) is 0 Å². The second kappa shape index (κ2) is 6.08. The van der Waals surface area contributed by atoms with Gasteiger partial charge in [0.1, 0.15) is 0 Å². The monoisotopic (exact) mass is 248 g/mol. The van der Waals surface area contributed by atoms with Crippen molar-refractivity contribution in [2.45, 2.75) is 40.0 Å². The van der Waals surface area contributed by atoms with Gasteiger partial charge < -0.3 is 4.90 Å². The highest BCUT2D eigenvalue weighted by molar-refractivity contribution is 5.05. The molecule has 2 aliphatic rings. The van der Waals surface area contributed by atoms with E-state index in [1.807, 2.05) is 0 Å². The second-order valence-electron chi connectivity index (χ2n) is 6.46. The molecule has 18 heavy (non-hydrogen) atoms. The summed E-state index contributed by atoms with van der Waals surface area (Å²) >= 11 is 0. The lowest BCUT2D eigenvalue weighted by atomic mass is 9.72. The predicted molar refractivity (Wildman–Crippen MR) is 77.5 cm³/mol. The maximum Gasteiger partial charge on any atom is 0.0601 e. The summed E-state index contributed by atoms with van der Waals surface area (Å²) in [6.07, 6.45) is 4.07. The van der Waals surface area contributed by atoms with Crippen LogP contribution in [0.4, 0.5) is 0 Å². The van der Waals surface area contributed by atoms with Crippen molar-refractivity contribution in [2.75, 3.05) is 39.3 Å². The molecule has 2 rings (SSSR count). The lowest BCUT2D eigenvalue weighted by molar-refractivity contribution is -0.0438. The Hall–Kier alpha value is -0.520. The highest BCUT2D eigenvalue weighted by atomic mass is 15.2. The Balaban J connectivity index is 1.68. The standard InChI is InChI=1S/C16H28N2/c1-4-9-18-13-16(14-18)7-11-17(12-8-16)10-5-6-15(2)3/h15H,4,7-14H2,1-3H3. The molecule has 2 fully saturated rings. The molecule has 0 bridgehead atoms. The number of piperidine rings is 1. The highest BCUT2D eigenvalue weighted by Crippen LogP contribution is 2.40. The number of likely N-dealkylation sites (tertiary alicyclic amines) is 2. The Morgan fingerprint density at radius 2 is 1.78 bits per heavy atom. The molecule has 0 amide bonds. The third-order valence-electron chi connectivity index (χ3n) is 4.27. The molecule has 2 aliphatic heterocycles. The van der Waals surface area contributed by atoms with E-state index in [0.29, 0.717) is 11.3 Å². The first-order valence-electron chi connectivity index (χ1n) is 7.57. The summed E-state index contributed by atoms with van der Waals surface area (Å²) in [5, 5.41) is 0. The molecule has 0 saturated carbocycles. The van der Waals surface area contributed by atoms with Gasteiger partial charge in [0.2, 0.25) is 0 Å². The van der Waals surface area contributed by atoms with Crippen LogP contribution in [0.25, 0.3) is 0 Å². The molecule has 102 valence electrons. The smallest absolute Gasteiger partial charge is 0.0601 e. The Morgan fingerprint density at radius 1 is 1.11 bits per heavy atom. The molecule has 2 heteroatoms. The molecule has 2 saturated heterocycles. The van der Waals surface area contributed by atoms with E-state index < -0.39 is 0 Å². The van der Waals surface area contributed by atoms with Gasteiger partial charge in [0.25, 0.3) is 0 Å². The number of nitrogens with zero attached hydrogens (tertiary/aromatic N) is 2. The summed E-state index contributed by atoms with van der Waals surface area (Å²) in [6.45, 7) is 14.1. The van der Waals surface area contributed by atoms with Crippen LogP contribution < -0.4 is 0 Å². The summed E-state index contributed by atoms with van der Waals surface area (Å²) in [7, 11) is 0. The first kappa shape index (κ1) is 13.9. The lowest BCUT2D eigenvalue weighted by Gasteiger charge is -2.54. The Kier molecular flexibility index (Phi) is 4.70. The van der Waals surface area contributed by atoms with Crippen molar-refractivity contribution in [3.63, 3.8) is 0 Å². The van der Waals surface area contributed by atoms with Crippen molar-refractivity contribution in [3.05, 3.63) is 0 Å². The minimum atomic E-state index is 0.510. The fourth-order valence-corrected chi connectivity index (χ4v) is 3.24. The van der Waals surface area contributed by atoms with Crippen LogP contribution in [0.15, 0.2) is 0 Å². The van der Waals surface area contributed by atoms with Crippen LogP contribution in [0.1, 0.15) is 40.0 Å². The van der Waals surface area contributed by atoms with Crippen molar-refractivity contribution in [2.24, 2.45) is 11.3 Å². The van der Waals surface area contributed by atoms with Crippen LogP contribution in [0.2, 0.25) is 0 Å². The maximum absolute atomic E-state index is 3.31. The van der Waals surface area contributed by atoms with Gasteiger partial charge in [-0.15, -0.1) is 0 Å². The molecule has 0 N–H and O–H groups in total. The fraction of sp³-hybridized carbons (Fsp3) is 0.875. The Bertz CT molecular complexity index is 308. The molecule has 0 unspecified atom stereocenters. The fourth-order valence-electron chi connectivity index (χ4n) is 3.24. The molecular weight excluding hydrogens is 220 g/mol. The van der Waals surface area contributed by atoms with Crippen molar-refractivity contribution >= 4 is 0 Å². The van der Waals surface area contributed by atoms with E-state index in [1.165, 1.54) is 52.0 Å². The van der Waals surface area contributed by atoms with Gasteiger partial charge >= 0.3 is 0 Å². The average molecular weight is 248 g/mol. The zero-order valence-electron chi connectivity index (χ0n) is 12.3. The third-order valence-corrected chi connectivity index (χ3v) is 4.27. The topological polar surface area (TPSA) is 6.48 Å². The van der Waals surface area contributed by atoms with Gasteiger partial charge in [-0.05, 0) is 44.3 Å². The van der Waals surface area contributed by atoms with Gasteiger partial charge in [-0.1, -0.05) is 32.6 Å². The van der Waals surface area contributed by atoms with Gasteiger partial charge in [-0.2, -0.15) is 0 Å². The quantitative estimate of drug-likeness (QED) is 0.708. The highest BCUT2D eigenvalue weighted by Gasteiger charge is 2.43. The molecular formula is C16H28N2. The number of hydrogen-bond acceptors (Lipinski definition) is 2. The zero-order chi connectivity index (χ0) is 13.0. The molecule has 0 atom stereocenters. The summed E-state index contributed by atoms with van der Waals surface area (Å²) < 4.78 is 0. The minimum Gasteiger partial charge on any atom is -0.302 e. The molecule has 0 aromatic carbocycles. The van der Waals surface area contributed by atoms with Crippen LogP contribution in [0, 0.1) is 23.2 Å². The summed E-state index contributed by atoms with van der Waals surface area (Å²) in [4.78, 5) is 5.15. The van der Waals surface area contributed by atoms with Crippen molar-refractivity contribution in [3.8, 4) is 11.8 Å². The van der Waals surface area contributed by atoms with E-state index in [4.69, 9.17) is 0 Å². The van der Waals surface area contributed by atoms with Gasteiger partial charge in [0.15, 0.2) is 0 Å². The Labute approximate surface area is 113 Å². The van der Waals surface area contributed by atoms with Gasteiger partial charge in [-0.25, -0.2) is 0 Å². The number of hydrogen-bond donors (Lipinski definition) is 0. The van der Waals surface area contributed by atoms with E-state index in [2.05, 4.69) is 42.4 Å². The van der Waals surface area contributed by atoms with Crippen molar-refractivity contribution in [1.29, 1.82) is 0 Å². The average Bonchev–Trinajstić information content (AvgIpc) is 2.29. The molecule has 2 nitrogen and oxygen atoms in total.